The van der Waals surface area contributed by atoms with E-state index < -0.39 is 0 Å². The number of nitrogens with one attached hydrogen (secondary N) is 1. The number of hydrogen-bond donors (Lipinski definition) is 2. The first-order valence-corrected chi connectivity index (χ1v) is 6.31. The molecule has 0 amide bonds. The van der Waals surface area contributed by atoms with Crippen LogP contribution in [0.25, 0.3) is 10.9 Å². The minimum Gasteiger partial charge on any atom is -0.439 e. The lowest BCUT2D eigenvalue weighted by Crippen LogP contribution is -2.12. The van der Waals surface area contributed by atoms with Gasteiger partial charge in [-0.1, -0.05) is 24.3 Å². The Morgan fingerprint density at radius 2 is 1.90 bits per heavy atom. The van der Waals surface area contributed by atoms with Crippen molar-refractivity contribution in [2.45, 2.75) is 0 Å². The molecule has 1 aromatic heterocycles. The lowest BCUT2D eigenvalue weighted by Gasteiger charge is -2.09. The molecule has 0 aliphatic carbocycles. The van der Waals surface area contributed by atoms with Crippen molar-refractivity contribution in [3.8, 4) is 11.6 Å². The van der Waals surface area contributed by atoms with Crippen LogP contribution >= 0.6 is 0 Å². The molecule has 0 saturated heterocycles. The number of rotatable bonds is 3. The molecule has 5 heteroatoms. The predicted octanol–water partition coefficient (Wildman–Crippen LogP) is 3.45. The number of aromatic nitrogens is 1. The monoisotopic (exact) mass is 281 g/mol. The number of nitrogen functional groups attached to an aromatic ring is 1. The average molecular weight is 281 g/mol. The third kappa shape index (κ3) is 2.67. The van der Waals surface area contributed by atoms with Gasteiger partial charge in [0.1, 0.15) is 17.4 Å². The summed E-state index contributed by atoms with van der Waals surface area (Å²) in [6, 6.07) is 14.7. The van der Waals surface area contributed by atoms with Crippen LogP contribution in [0.4, 0.5) is 4.39 Å². The Kier molecular flexibility index (Phi) is 3.23. The highest BCUT2D eigenvalue weighted by Crippen LogP contribution is 2.25. The van der Waals surface area contributed by atoms with Crippen molar-refractivity contribution in [1.29, 1.82) is 5.41 Å². The molecular weight excluding hydrogens is 269 g/mol. The summed E-state index contributed by atoms with van der Waals surface area (Å²) in [6.07, 6.45) is 0. The highest BCUT2D eigenvalue weighted by molar-refractivity contribution is 6.06. The summed E-state index contributed by atoms with van der Waals surface area (Å²) in [5.74, 6) is 0.148. The largest absolute Gasteiger partial charge is 0.439 e. The van der Waals surface area contributed by atoms with Gasteiger partial charge in [0.25, 0.3) is 0 Å². The van der Waals surface area contributed by atoms with E-state index in [2.05, 4.69) is 4.98 Å². The van der Waals surface area contributed by atoms with E-state index in [4.69, 9.17) is 15.9 Å². The zero-order valence-corrected chi connectivity index (χ0v) is 11.0. The number of halogens is 1. The van der Waals surface area contributed by atoms with Crippen LogP contribution in [0.15, 0.2) is 54.6 Å². The fourth-order valence-corrected chi connectivity index (χ4v) is 2.08. The number of fused-ring (bicyclic) bond motifs is 1. The normalized spacial score (nSPS) is 10.5. The molecule has 0 saturated carbocycles. The van der Waals surface area contributed by atoms with E-state index in [1.54, 1.807) is 24.3 Å². The average Bonchev–Trinajstić information content (AvgIpc) is 2.46. The molecule has 0 atom stereocenters. The van der Waals surface area contributed by atoms with E-state index in [1.165, 1.54) is 12.1 Å². The summed E-state index contributed by atoms with van der Waals surface area (Å²) in [5.41, 5.74) is 6.80. The lowest BCUT2D eigenvalue weighted by atomic mass is 10.1. The number of para-hydroxylation sites is 1. The Morgan fingerprint density at radius 1 is 1.10 bits per heavy atom. The van der Waals surface area contributed by atoms with Crippen LogP contribution in [-0.2, 0) is 0 Å². The van der Waals surface area contributed by atoms with Gasteiger partial charge >= 0.3 is 0 Å². The summed E-state index contributed by atoms with van der Waals surface area (Å²) in [7, 11) is 0. The van der Waals surface area contributed by atoms with Gasteiger partial charge < -0.3 is 10.5 Å². The second-order valence-electron chi connectivity index (χ2n) is 4.50. The third-order valence-electron chi connectivity index (χ3n) is 3.00. The highest BCUT2D eigenvalue weighted by Gasteiger charge is 2.09. The second kappa shape index (κ2) is 5.20. The zero-order chi connectivity index (χ0) is 14.8. The number of amidine groups is 1. The highest BCUT2D eigenvalue weighted by atomic mass is 19.1. The van der Waals surface area contributed by atoms with Gasteiger partial charge in [-0.3, -0.25) is 5.41 Å². The molecule has 3 aromatic rings. The summed E-state index contributed by atoms with van der Waals surface area (Å²) in [4.78, 5) is 4.35. The van der Waals surface area contributed by atoms with E-state index in [-0.39, 0.29) is 17.5 Å². The molecule has 3 N–H and O–H groups in total. The molecule has 0 radical (unpaired) electrons. The predicted molar refractivity (Wildman–Crippen MR) is 79.2 cm³/mol. The first-order chi connectivity index (χ1) is 10.1. The minimum atomic E-state index is -0.389. The standard InChI is InChI=1S/C16H12FN3O/c17-10-4-3-5-11(8-10)21-15-9-13(16(18)19)12-6-1-2-7-14(12)20-15/h1-9H,(H3,18,19). The number of ether oxygens (including phenoxy) is 1. The number of benzene rings is 2. The van der Waals surface area contributed by atoms with Crippen molar-refractivity contribution in [1.82, 2.24) is 4.98 Å². The maximum absolute atomic E-state index is 13.2. The van der Waals surface area contributed by atoms with E-state index in [0.717, 1.165) is 5.39 Å². The number of nitrogens with two attached hydrogens (primary N) is 1. The minimum absolute atomic E-state index is 0.0716. The molecule has 104 valence electrons. The molecule has 0 unspecified atom stereocenters. The Labute approximate surface area is 120 Å². The molecule has 0 spiro atoms. The Morgan fingerprint density at radius 3 is 2.67 bits per heavy atom. The quantitative estimate of drug-likeness (QED) is 0.570. The van der Waals surface area contributed by atoms with Crippen molar-refractivity contribution in [2.75, 3.05) is 0 Å². The Hall–Kier alpha value is -2.95. The van der Waals surface area contributed by atoms with Gasteiger partial charge in [-0.15, -0.1) is 0 Å². The van der Waals surface area contributed by atoms with Crippen LogP contribution in [0.1, 0.15) is 5.56 Å². The van der Waals surface area contributed by atoms with E-state index >= 15 is 0 Å². The molecule has 21 heavy (non-hydrogen) atoms. The van der Waals surface area contributed by atoms with Crippen molar-refractivity contribution >= 4 is 16.7 Å². The molecule has 1 heterocycles. The molecule has 0 aliphatic rings. The van der Waals surface area contributed by atoms with E-state index in [1.807, 2.05) is 18.2 Å². The molecule has 0 fully saturated rings. The van der Waals surface area contributed by atoms with E-state index in [0.29, 0.717) is 16.8 Å². The topological polar surface area (TPSA) is 72.0 Å². The smallest absolute Gasteiger partial charge is 0.220 e. The fourth-order valence-electron chi connectivity index (χ4n) is 2.08. The zero-order valence-electron chi connectivity index (χ0n) is 11.0. The number of pyridine rings is 1. The molecular formula is C16H12FN3O. The van der Waals surface area contributed by atoms with Gasteiger partial charge in [-0.2, -0.15) is 0 Å². The van der Waals surface area contributed by atoms with Gasteiger partial charge in [0.05, 0.1) is 5.52 Å². The molecule has 0 aliphatic heterocycles. The van der Waals surface area contributed by atoms with Crippen molar-refractivity contribution in [2.24, 2.45) is 5.73 Å². The first-order valence-electron chi connectivity index (χ1n) is 6.31. The van der Waals surface area contributed by atoms with Gasteiger partial charge in [0.2, 0.25) is 5.88 Å². The Balaban J connectivity index is 2.09. The summed E-state index contributed by atoms with van der Waals surface area (Å²) in [6.45, 7) is 0. The molecule has 0 bridgehead atoms. The van der Waals surface area contributed by atoms with Crippen LogP contribution in [0, 0.1) is 11.2 Å². The van der Waals surface area contributed by atoms with Crippen LogP contribution in [0.3, 0.4) is 0 Å². The van der Waals surface area contributed by atoms with Gasteiger partial charge in [0.15, 0.2) is 0 Å². The van der Waals surface area contributed by atoms with Crippen LogP contribution in [-0.4, -0.2) is 10.8 Å². The van der Waals surface area contributed by atoms with Gasteiger partial charge in [-0.05, 0) is 18.2 Å². The maximum Gasteiger partial charge on any atom is 0.220 e. The second-order valence-corrected chi connectivity index (χ2v) is 4.50. The lowest BCUT2D eigenvalue weighted by molar-refractivity contribution is 0.460. The summed E-state index contributed by atoms with van der Waals surface area (Å²) >= 11 is 0. The van der Waals surface area contributed by atoms with Crippen molar-refractivity contribution in [3.05, 3.63) is 66.0 Å². The SMILES string of the molecule is N=C(N)c1cc(Oc2cccc(F)c2)nc2ccccc12. The summed E-state index contributed by atoms with van der Waals surface area (Å²) < 4.78 is 18.7. The molecule has 3 rings (SSSR count). The van der Waals surface area contributed by atoms with Crippen LogP contribution in [0.5, 0.6) is 11.6 Å². The Bertz CT molecular complexity index is 833. The molecule has 4 nitrogen and oxygen atoms in total. The van der Waals surface area contributed by atoms with Crippen LogP contribution < -0.4 is 10.5 Å². The first kappa shape index (κ1) is 13.1. The molecule has 2 aromatic carbocycles. The van der Waals surface area contributed by atoms with Gasteiger partial charge in [-0.25, -0.2) is 9.37 Å². The number of hydrogen-bond acceptors (Lipinski definition) is 3. The van der Waals surface area contributed by atoms with Gasteiger partial charge in [0, 0.05) is 23.1 Å². The van der Waals surface area contributed by atoms with Crippen molar-refractivity contribution < 1.29 is 9.13 Å². The van der Waals surface area contributed by atoms with E-state index in [9.17, 15) is 4.39 Å². The van der Waals surface area contributed by atoms with Crippen LogP contribution in [0.2, 0.25) is 0 Å². The maximum atomic E-state index is 13.2. The number of nitrogens with zero attached hydrogens (tertiary/aromatic N) is 1. The van der Waals surface area contributed by atoms with Crippen molar-refractivity contribution in [3.63, 3.8) is 0 Å². The summed E-state index contributed by atoms with van der Waals surface area (Å²) in [5, 5.41) is 8.44. The fraction of sp³-hybridized carbons (Fsp3) is 0. The third-order valence-corrected chi connectivity index (χ3v) is 3.00.